The summed E-state index contributed by atoms with van der Waals surface area (Å²) in [6.07, 6.45) is -0.845. The standard InChI is InChI=1S/C12H15Br2NO4S/c1-12(2,3)19-11(18)15-7(5-9(16)17)8-4-6(13)10(14)20-8/h4,7H,5H2,1-3H3,(H,15,18)(H,16,17). The zero-order valence-corrected chi connectivity index (χ0v) is 15.2. The maximum absolute atomic E-state index is 11.8. The Morgan fingerprint density at radius 1 is 1.45 bits per heavy atom. The number of rotatable bonds is 4. The molecule has 1 heterocycles. The third kappa shape index (κ3) is 5.80. The number of hydrogen-bond acceptors (Lipinski definition) is 4. The predicted molar refractivity (Wildman–Crippen MR) is 84.1 cm³/mol. The molecule has 0 aliphatic rings. The highest BCUT2D eigenvalue weighted by molar-refractivity contribution is 9.13. The molecule has 0 radical (unpaired) electrons. The number of amides is 1. The largest absolute Gasteiger partial charge is 0.481 e. The van der Waals surface area contributed by atoms with Crippen LogP contribution >= 0.6 is 43.2 Å². The van der Waals surface area contributed by atoms with Crippen molar-refractivity contribution in [1.29, 1.82) is 0 Å². The van der Waals surface area contributed by atoms with Crippen LogP contribution in [0.25, 0.3) is 0 Å². The minimum Gasteiger partial charge on any atom is -0.481 e. The maximum Gasteiger partial charge on any atom is 0.408 e. The first-order valence-electron chi connectivity index (χ1n) is 5.74. The monoisotopic (exact) mass is 427 g/mol. The van der Waals surface area contributed by atoms with E-state index in [4.69, 9.17) is 9.84 Å². The Balaban J connectivity index is 2.85. The summed E-state index contributed by atoms with van der Waals surface area (Å²) in [5.74, 6) is -0.994. The molecule has 112 valence electrons. The summed E-state index contributed by atoms with van der Waals surface area (Å²) in [4.78, 5) is 23.4. The lowest BCUT2D eigenvalue weighted by atomic mass is 10.1. The molecule has 0 saturated carbocycles. The van der Waals surface area contributed by atoms with Crippen molar-refractivity contribution in [2.45, 2.75) is 38.8 Å². The quantitative estimate of drug-likeness (QED) is 0.748. The topological polar surface area (TPSA) is 75.6 Å². The Kier molecular flexibility index (Phi) is 6.03. The van der Waals surface area contributed by atoms with Gasteiger partial charge in [0.2, 0.25) is 0 Å². The molecule has 1 amide bonds. The van der Waals surface area contributed by atoms with Crippen LogP contribution in [0.2, 0.25) is 0 Å². The van der Waals surface area contributed by atoms with Gasteiger partial charge in [0, 0.05) is 9.35 Å². The van der Waals surface area contributed by atoms with Crippen LogP contribution in [0, 0.1) is 0 Å². The molecule has 0 aromatic carbocycles. The molecule has 1 aromatic rings. The SMILES string of the molecule is CC(C)(C)OC(=O)NC(CC(=O)O)c1cc(Br)c(Br)s1. The summed E-state index contributed by atoms with van der Waals surface area (Å²) < 4.78 is 6.81. The van der Waals surface area contributed by atoms with Gasteiger partial charge in [-0.2, -0.15) is 0 Å². The van der Waals surface area contributed by atoms with E-state index in [2.05, 4.69) is 37.2 Å². The first kappa shape index (κ1) is 17.5. The molecule has 0 aliphatic carbocycles. The van der Waals surface area contributed by atoms with Gasteiger partial charge in [-0.05, 0) is 58.7 Å². The van der Waals surface area contributed by atoms with Crippen LogP contribution in [-0.4, -0.2) is 22.8 Å². The Morgan fingerprint density at radius 3 is 2.45 bits per heavy atom. The lowest BCUT2D eigenvalue weighted by Crippen LogP contribution is -2.35. The Hall–Kier alpha value is -0.600. The Bertz CT molecular complexity index is 491. The summed E-state index contributed by atoms with van der Waals surface area (Å²) in [6.45, 7) is 5.24. The van der Waals surface area contributed by atoms with E-state index in [-0.39, 0.29) is 6.42 Å². The lowest BCUT2D eigenvalue weighted by molar-refractivity contribution is -0.137. The highest BCUT2D eigenvalue weighted by Gasteiger charge is 2.24. The molecular formula is C12H15Br2NO4S. The smallest absolute Gasteiger partial charge is 0.408 e. The second-order valence-corrected chi connectivity index (χ2v) is 8.32. The van der Waals surface area contributed by atoms with Gasteiger partial charge in [-0.1, -0.05) is 0 Å². The zero-order chi connectivity index (χ0) is 15.5. The molecule has 0 saturated heterocycles. The molecule has 0 spiro atoms. The Morgan fingerprint density at radius 2 is 2.05 bits per heavy atom. The van der Waals surface area contributed by atoms with Crippen LogP contribution in [-0.2, 0) is 9.53 Å². The molecule has 1 unspecified atom stereocenters. The maximum atomic E-state index is 11.8. The number of ether oxygens (including phenoxy) is 1. The van der Waals surface area contributed by atoms with Crippen molar-refractivity contribution in [3.8, 4) is 0 Å². The fourth-order valence-corrected chi connectivity index (χ4v) is 3.52. The van der Waals surface area contributed by atoms with Gasteiger partial charge in [0.1, 0.15) is 5.60 Å². The van der Waals surface area contributed by atoms with Gasteiger partial charge in [-0.25, -0.2) is 4.79 Å². The van der Waals surface area contributed by atoms with Crippen LogP contribution < -0.4 is 5.32 Å². The van der Waals surface area contributed by atoms with Gasteiger partial charge in [-0.3, -0.25) is 4.79 Å². The van der Waals surface area contributed by atoms with Crippen LogP contribution in [0.4, 0.5) is 4.79 Å². The lowest BCUT2D eigenvalue weighted by Gasteiger charge is -2.22. The molecule has 8 heteroatoms. The highest BCUT2D eigenvalue weighted by atomic mass is 79.9. The van der Waals surface area contributed by atoms with E-state index >= 15 is 0 Å². The molecule has 20 heavy (non-hydrogen) atoms. The number of thiophene rings is 1. The van der Waals surface area contributed by atoms with Crippen molar-refractivity contribution in [2.24, 2.45) is 0 Å². The van der Waals surface area contributed by atoms with E-state index in [9.17, 15) is 9.59 Å². The summed E-state index contributed by atoms with van der Waals surface area (Å²) in [7, 11) is 0. The third-order valence-electron chi connectivity index (χ3n) is 2.08. The van der Waals surface area contributed by atoms with E-state index in [1.54, 1.807) is 26.8 Å². The van der Waals surface area contributed by atoms with E-state index in [1.807, 2.05) is 0 Å². The minimum absolute atomic E-state index is 0.210. The van der Waals surface area contributed by atoms with Gasteiger partial charge < -0.3 is 15.2 Å². The van der Waals surface area contributed by atoms with Gasteiger partial charge in [0.05, 0.1) is 16.2 Å². The second kappa shape index (κ2) is 6.91. The van der Waals surface area contributed by atoms with Crippen molar-refractivity contribution in [1.82, 2.24) is 5.32 Å². The molecular weight excluding hydrogens is 414 g/mol. The molecule has 5 nitrogen and oxygen atoms in total. The average Bonchev–Trinajstić information content (AvgIpc) is 2.54. The third-order valence-corrected chi connectivity index (χ3v) is 5.45. The number of aliphatic carboxylic acids is 1. The van der Waals surface area contributed by atoms with E-state index in [0.29, 0.717) is 0 Å². The van der Waals surface area contributed by atoms with E-state index < -0.39 is 23.7 Å². The van der Waals surface area contributed by atoms with Gasteiger partial charge >= 0.3 is 12.1 Å². The normalized spacial score (nSPS) is 12.8. The van der Waals surface area contributed by atoms with Crippen molar-refractivity contribution in [3.05, 3.63) is 19.2 Å². The van der Waals surface area contributed by atoms with Crippen LogP contribution in [0.15, 0.2) is 14.3 Å². The van der Waals surface area contributed by atoms with Crippen LogP contribution in [0.3, 0.4) is 0 Å². The predicted octanol–water partition coefficient (Wildman–Crippen LogP) is 4.31. The van der Waals surface area contributed by atoms with Crippen molar-refractivity contribution in [2.75, 3.05) is 0 Å². The van der Waals surface area contributed by atoms with Crippen LogP contribution in [0.5, 0.6) is 0 Å². The van der Waals surface area contributed by atoms with E-state index in [0.717, 1.165) is 13.1 Å². The Labute approximate surface area is 138 Å². The van der Waals surface area contributed by atoms with Crippen molar-refractivity contribution >= 4 is 55.3 Å². The molecule has 2 N–H and O–H groups in total. The number of nitrogens with one attached hydrogen (secondary N) is 1. The number of alkyl carbamates (subject to hydrolysis) is 1. The average molecular weight is 429 g/mol. The number of carboxylic acids is 1. The van der Waals surface area contributed by atoms with Gasteiger partial charge in [0.15, 0.2) is 0 Å². The number of halogens is 2. The van der Waals surface area contributed by atoms with Crippen molar-refractivity contribution < 1.29 is 19.4 Å². The number of carbonyl (C=O) groups is 2. The molecule has 1 rings (SSSR count). The first-order chi connectivity index (χ1) is 9.08. The second-order valence-electron chi connectivity index (χ2n) is 5.07. The number of carbonyl (C=O) groups excluding carboxylic acids is 1. The fourth-order valence-electron chi connectivity index (χ4n) is 1.38. The zero-order valence-electron chi connectivity index (χ0n) is 11.2. The first-order valence-corrected chi connectivity index (χ1v) is 8.15. The number of carboxylic acid groups (broad SMARTS) is 1. The number of hydrogen-bond donors (Lipinski definition) is 2. The van der Waals surface area contributed by atoms with E-state index in [1.165, 1.54) is 11.3 Å². The van der Waals surface area contributed by atoms with Crippen LogP contribution in [0.1, 0.15) is 38.1 Å². The fraction of sp³-hybridized carbons (Fsp3) is 0.500. The minimum atomic E-state index is -0.994. The van der Waals surface area contributed by atoms with Gasteiger partial charge in [-0.15, -0.1) is 11.3 Å². The molecule has 1 atom stereocenters. The summed E-state index contributed by atoms with van der Waals surface area (Å²) >= 11 is 8.04. The van der Waals surface area contributed by atoms with Gasteiger partial charge in [0.25, 0.3) is 0 Å². The molecule has 0 aliphatic heterocycles. The summed E-state index contributed by atoms with van der Waals surface area (Å²) in [5.41, 5.74) is -0.630. The molecule has 0 fully saturated rings. The molecule has 0 bridgehead atoms. The highest BCUT2D eigenvalue weighted by Crippen LogP contribution is 2.36. The molecule has 1 aromatic heterocycles. The summed E-state index contributed by atoms with van der Waals surface area (Å²) in [6, 6.07) is 1.15. The summed E-state index contributed by atoms with van der Waals surface area (Å²) in [5, 5.41) is 11.5. The van der Waals surface area contributed by atoms with Crippen molar-refractivity contribution in [3.63, 3.8) is 0 Å².